The number of halogens is 1. The number of hydrogen-bond acceptors (Lipinski definition) is 2. The van der Waals surface area contributed by atoms with Gasteiger partial charge in [-0.3, -0.25) is 4.90 Å². The summed E-state index contributed by atoms with van der Waals surface area (Å²) >= 11 is 3.40. The fraction of sp³-hybridized carbons (Fsp3) is 0.467. The predicted octanol–water partition coefficient (Wildman–Crippen LogP) is 3.52. The van der Waals surface area contributed by atoms with Crippen molar-refractivity contribution in [1.82, 2.24) is 4.90 Å². The lowest BCUT2D eigenvalue weighted by molar-refractivity contribution is 0.184. The third-order valence-corrected chi connectivity index (χ3v) is 3.98. The van der Waals surface area contributed by atoms with Crippen molar-refractivity contribution in [3.63, 3.8) is 0 Å². The van der Waals surface area contributed by atoms with Crippen LogP contribution in [0, 0.1) is 0 Å². The van der Waals surface area contributed by atoms with Gasteiger partial charge in [-0.25, -0.2) is 0 Å². The second-order valence-electron chi connectivity index (χ2n) is 4.95. The van der Waals surface area contributed by atoms with Crippen molar-refractivity contribution in [3.8, 4) is 0 Å². The fourth-order valence-electron chi connectivity index (χ4n) is 2.37. The van der Waals surface area contributed by atoms with Crippen molar-refractivity contribution >= 4 is 15.9 Å². The molecule has 2 rings (SSSR count). The Kier molecular flexibility index (Phi) is 4.98. The molecule has 0 aromatic heterocycles. The number of benzene rings is 1. The minimum atomic E-state index is -0.556. The van der Waals surface area contributed by atoms with Crippen LogP contribution in [0.15, 0.2) is 40.9 Å². The Labute approximate surface area is 117 Å². The summed E-state index contributed by atoms with van der Waals surface area (Å²) in [4.78, 5) is 2.38. The highest BCUT2D eigenvalue weighted by molar-refractivity contribution is 9.10. The minimum Gasteiger partial charge on any atom is -0.384 e. The maximum atomic E-state index is 10.3. The first-order valence-electron chi connectivity index (χ1n) is 6.50. The number of rotatable bonds is 4. The Balaban J connectivity index is 1.93. The Morgan fingerprint density at radius 3 is 2.44 bits per heavy atom. The molecule has 0 amide bonds. The lowest BCUT2D eigenvalue weighted by Crippen LogP contribution is -2.32. The van der Waals surface area contributed by atoms with Crippen molar-refractivity contribution in [2.24, 2.45) is 0 Å². The molecule has 1 saturated heterocycles. The van der Waals surface area contributed by atoms with Gasteiger partial charge < -0.3 is 5.11 Å². The van der Waals surface area contributed by atoms with Crippen LogP contribution in [0.2, 0.25) is 0 Å². The molecule has 0 spiro atoms. The molecule has 1 fully saturated rings. The molecule has 1 N–H and O–H groups in total. The maximum absolute atomic E-state index is 10.3. The molecule has 0 radical (unpaired) electrons. The van der Waals surface area contributed by atoms with Crippen LogP contribution in [-0.2, 0) is 0 Å². The molecular weight excluding hydrogens is 290 g/mol. The first kappa shape index (κ1) is 13.8. The van der Waals surface area contributed by atoms with Gasteiger partial charge in [0.05, 0.1) is 0 Å². The van der Waals surface area contributed by atoms with Gasteiger partial charge in [-0.15, -0.1) is 0 Å². The number of aliphatic hydroxyl groups is 1. The molecule has 1 heterocycles. The topological polar surface area (TPSA) is 23.5 Å². The van der Waals surface area contributed by atoms with Crippen molar-refractivity contribution in [1.29, 1.82) is 0 Å². The van der Waals surface area contributed by atoms with E-state index in [1.807, 2.05) is 24.3 Å². The van der Waals surface area contributed by atoms with Crippen LogP contribution < -0.4 is 0 Å². The van der Waals surface area contributed by atoms with E-state index in [0.717, 1.165) is 35.2 Å². The van der Waals surface area contributed by atoms with Crippen LogP contribution in [0.3, 0.4) is 0 Å². The second-order valence-corrected chi connectivity index (χ2v) is 5.86. The Hall–Kier alpha value is -0.640. The SMILES string of the molecule is C=C(CN1CCCCC1)C(O)c1ccc(Br)cc1. The third-order valence-electron chi connectivity index (χ3n) is 3.45. The zero-order chi connectivity index (χ0) is 13.0. The molecule has 0 saturated carbocycles. The highest BCUT2D eigenvalue weighted by atomic mass is 79.9. The van der Waals surface area contributed by atoms with Gasteiger partial charge in [-0.1, -0.05) is 41.1 Å². The monoisotopic (exact) mass is 309 g/mol. The van der Waals surface area contributed by atoms with Gasteiger partial charge in [0, 0.05) is 11.0 Å². The van der Waals surface area contributed by atoms with Gasteiger partial charge >= 0.3 is 0 Å². The van der Waals surface area contributed by atoms with Gasteiger partial charge in [-0.2, -0.15) is 0 Å². The summed E-state index contributed by atoms with van der Waals surface area (Å²) in [6.07, 6.45) is 3.31. The maximum Gasteiger partial charge on any atom is 0.101 e. The van der Waals surface area contributed by atoms with Crippen LogP contribution in [0.25, 0.3) is 0 Å². The average Bonchev–Trinajstić information content (AvgIpc) is 2.40. The molecular formula is C15H20BrNO. The molecule has 1 unspecified atom stereocenters. The van der Waals surface area contributed by atoms with Gasteiger partial charge in [0.1, 0.15) is 6.10 Å². The summed E-state index contributed by atoms with van der Waals surface area (Å²) < 4.78 is 1.03. The summed E-state index contributed by atoms with van der Waals surface area (Å²) in [5.41, 5.74) is 1.81. The van der Waals surface area contributed by atoms with Crippen LogP contribution in [-0.4, -0.2) is 29.6 Å². The van der Waals surface area contributed by atoms with E-state index in [4.69, 9.17) is 0 Å². The van der Waals surface area contributed by atoms with Crippen LogP contribution in [0.4, 0.5) is 0 Å². The molecule has 1 atom stereocenters. The summed E-state index contributed by atoms with van der Waals surface area (Å²) in [5, 5.41) is 10.3. The van der Waals surface area contributed by atoms with Crippen molar-refractivity contribution < 1.29 is 5.11 Å². The van der Waals surface area contributed by atoms with E-state index in [9.17, 15) is 5.11 Å². The van der Waals surface area contributed by atoms with Crippen molar-refractivity contribution in [3.05, 3.63) is 46.5 Å². The second kappa shape index (κ2) is 6.50. The zero-order valence-corrected chi connectivity index (χ0v) is 12.2. The third kappa shape index (κ3) is 3.67. The molecule has 0 aliphatic carbocycles. The lowest BCUT2D eigenvalue weighted by Gasteiger charge is -2.28. The highest BCUT2D eigenvalue weighted by Crippen LogP contribution is 2.23. The number of nitrogens with zero attached hydrogens (tertiary/aromatic N) is 1. The molecule has 1 aromatic carbocycles. The lowest BCUT2D eigenvalue weighted by atomic mass is 10.0. The summed E-state index contributed by atoms with van der Waals surface area (Å²) in [6, 6.07) is 7.78. The minimum absolute atomic E-state index is 0.556. The molecule has 0 bridgehead atoms. The van der Waals surface area contributed by atoms with E-state index in [-0.39, 0.29) is 0 Å². The molecule has 18 heavy (non-hydrogen) atoms. The van der Waals surface area contributed by atoms with E-state index in [2.05, 4.69) is 27.4 Å². The Morgan fingerprint density at radius 2 is 1.83 bits per heavy atom. The standard InChI is InChI=1S/C15H20BrNO/c1-12(11-17-9-3-2-4-10-17)15(18)13-5-7-14(16)8-6-13/h5-8,15,18H,1-4,9-11H2. The smallest absolute Gasteiger partial charge is 0.101 e. The van der Waals surface area contributed by atoms with Gasteiger partial charge in [0.25, 0.3) is 0 Å². The molecule has 3 heteroatoms. The summed E-state index contributed by atoms with van der Waals surface area (Å²) in [6.45, 7) is 7.11. The van der Waals surface area contributed by atoms with Gasteiger partial charge in [0.15, 0.2) is 0 Å². The molecule has 1 aromatic rings. The average molecular weight is 310 g/mol. The summed E-state index contributed by atoms with van der Waals surface area (Å²) in [7, 11) is 0. The molecule has 2 nitrogen and oxygen atoms in total. The van der Waals surface area contributed by atoms with E-state index in [1.165, 1.54) is 19.3 Å². The highest BCUT2D eigenvalue weighted by Gasteiger charge is 2.16. The van der Waals surface area contributed by atoms with E-state index < -0.39 is 6.10 Å². The largest absolute Gasteiger partial charge is 0.384 e. The Bertz CT molecular complexity index is 395. The van der Waals surface area contributed by atoms with Crippen LogP contribution in [0.1, 0.15) is 30.9 Å². The predicted molar refractivity (Wildman–Crippen MR) is 78.5 cm³/mol. The van der Waals surface area contributed by atoms with E-state index in [1.54, 1.807) is 0 Å². The van der Waals surface area contributed by atoms with Crippen molar-refractivity contribution in [2.45, 2.75) is 25.4 Å². The number of piperidine rings is 1. The van der Waals surface area contributed by atoms with Crippen molar-refractivity contribution in [2.75, 3.05) is 19.6 Å². The van der Waals surface area contributed by atoms with E-state index >= 15 is 0 Å². The van der Waals surface area contributed by atoms with Crippen LogP contribution >= 0.6 is 15.9 Å². The number of likely N-dealkylation sites (tertiary alicyclic amines) is 1. The first-order valence-corrected chi connectivity index (χ1v) is 7.29. The summed E-state index contributed by atoms with van der Waals surface area (Å²) in [5.74, 6) is 0. The van der Waals surface area contributed by atoms with Crippen LogP contribution in [0.5, 0.6) is 0 Å². The fourth-order valence-corrected chi connectivity index (χ4v) is 2.64. The number of aliphatic hydroxyl groups excluding tert-OH is 1. The molecule has 1 aliphatic rings. The quantitative estimate of drug-likeness (QED) is 0.860. The Morgan fingerprint density at radius 1 is 1.22 bits per heavy atom. The first-order chi connectivity index (χ1) is 8.66. The molecule has 98 valence electrons. The zero-order valence-electron chi connectivity index (χ0n) is 10.6. The van der Waals surface area contributed by atoms with Gasteiger partial charge in [-0.05, 0) is 49.2 Å². The normalized spacial score (nSPS) is 18.6. The van der Waals surface area contributed by atoms with E-state index in [0.29, 0.717) is 0 Å². The van der Waals surface area contributed by atoms with Gasteiger partial charge in [0.2, 0.25) is 0 Å². The number of hydrogen-bond donors (Lipinski definition) is 1. The molecule has 1 aliphatic heterocycles.